The predicted molar refractivity (Wildman–Crippen MR) is 108 cm³/mol. The number of carbonyl (C=O) groups is 1. The molecule has 1 heterocycles. The van der Waals surface area contributed by atoms with Gasteiger partial charge >= 0.3 is 0 Å². The third-order valence-corrected chi connectivity index (χ3v) is 5.65. The Balaban J connectivity index is 1.60. The maximum Gasteiger partial charge on any atom is 0.282 e. The van der Waals surface area contributed by atoms with Crippen LogP contribution in [-0.4, -0.2) is 38.1 Å². The number of para-hydroxylation sites is 2. The molecule has 0 bridgehead atoms. The maximum atomic E-state index is 12.8. The van der Waals surface area contributed by atoms with Crippen molar-refractivity contribution < 1.29 is 9.69 Å². The Kier molecular flexibility index (Phi) is 5.84. The van der Waals surface area contributed by atoms with Crippen LogP contribution in [0, 0.1) is 13.8 Å². The monoisotopic (exact) mass is 372 g/mol. The van der Waals surface area contributed by atoms with E-state index in [2.05, 4.69) is 16.3 Å². The average molecular weight is 373 g/mol. The van der Waals surface area contributed by atoms with Crippen molar-refractivity contribution in [3.63, 3.8) is 0 Å². The molecule has 1 amide bonds. The second-order valence-corrected chi connectivity index (χ2v) is 7.48. The molecule has 2 N–H and O–H groups in total. The van der Waals surface area contributed by atoms with E-state index < -0.39 is 0 Å². The molecule has 2 aromatic rings. The summed E-state index contributed by atoms with van der Waals surface area (Å²) in [7, 11) is 0. The second-order valence-electron chi connectivity index (χ2n) is 7.07. The highest BCUT2D eigenvalue weighted by molar-refractivity contribution is 6.33. The van der Waals surface area contributed by atoms with E-state index in [4.69, 9.17) is 11.6 Å². The van der Waals surface area contributed by atoms with E-state index in [1.807, 2.05) is 57.2 Å². The number of halogens is 1. The molecule has 0 saturated carbocycles. The van der Waals surface area contributed by atoms with Gasteiger partial charge in [0.25, 0.3) is 5.91 Å². The number of quaternary nitrogens is 1. The summed E-state index contributed by atoms with van der Waals surface area (Å²) in [6.07, 6.45) is 0. The van der Waals surface area contributed by atoms with Crippen molar-refractivity contribution in [3.8, 4) is 0 Å². The molecule has 2 aromatic carbocycles. The summed E-state index contributed by atoms with van der Waals surface area (Å²) in [5.74, 6) is 0.0867. The normalized spacial score (nSPS) is 16.4. The number of nitrogens with zero attached hydrogens (tertiary/aromatic N) is 1. The van der Waals surface area contributed by atoms with Crippen molar-refractivity contribution in [3.05, 3.63) is 58.6 Å². The summed E-state index contributed by atoms with van der Waals surface area (Å²) in [5, 5.41) is 3.92. The minimum absolute atomic E-state index is 0.0811. The van der Waals surface area contributed by atoms with Crippen LogP contribution in [0.4, 0.5) is 11.4 Å². The van der Waals surface area contributed by atoms with Crippen LogP contribution in [0.5, 0.6) is 0 Å². The Morgan fingerprint density at radius 1 is 1.08 bits per heavy atom. The fourth-order valence-electron chi connectivity index (χ4n) is 3.60. The van der Waals surface area contributed by atoms with Crippen molar-refractivity contribution in [2.24, 2.45) is 0 Å². The molecule has 0 aromatic heterocycles. The molecule has 1 aliphatic rings. The number of amides is 1. The number of anilines is 2. The largest absolute Gasteiger partial charge is 0.359 e. The smallest absolute Gasteiger partial charge is 0.282 e. The van der Waals surface area contributed by atoms with Crippen molar-refractivity contribution in [2.45, 2.75) is 26.8 Å². The van der Waals surface area contributed by atoms with Gasteiger partial charge in [-0.05, 0) is 44.0 Å². The fraction of sp³-hybridized carbons (Fsp3) is 0.381. The number of piperazine rings is 1. The number of carbonyl (C=O) groups excluding carboxylic acids is 1. The summed E-state index contributed by atoms with van der Waals surface area (Å²) in [5.41, 5.74) is 4.23. The predicted octanol–water partition coefficient (Wildman–Crippen LogP) is 2.69. The highest BCUT2D eigenvalue weighted by Gasteiger charge is 2.30. The van der Waals surface area contributed by atoms with E-state index in [-0.39, 0.29) is 11.9 Å². The zero-order valence-corrected chi connectivity index (χ0v) is 16.4. The van der Waals surface area contributed by atoms with Gasteiger partial charge in [-0.25, -0.2) is 0 Å². The Morgan fingerprint density at radius 2 is 1.69 bits per heavy atom. The van der Waals surface area contributed by atoms with E-state index >= 15 is 0 Å². The Morgan fingerprint density at radius 3 is 2.31 bits per heavy atom. The molecule has 3 rings (SSSR count). The van der Waals surface area contributed by atoms with E-state index in [0.717, 1.165) is 53.7 Å². The zero-order chi connectivity index (χ0) is 18.7. The van der Waals surface area contributed by atoms with E-state index in [0.29, 0.717) is 0 Å². The molecular weight excluding hydrogens is 346 g/mol. The first-order valence-electron chi connectivity index (χ1n) is 9.18. The average Bonchev–Trinajstić information content (AvgIpc) is 2.65. The Bertz CT molecular complexity index is 764. The molecule has 0 unspecified atom stereocenters. The third-order valence-electron chi connectivity index (χ3n) is 5.33. The molecule has 5 heteroatoms. The number of hydrogen-bond donors (Lipinski definition) is 2. The van der Waals surface area contributed by atoms with Gasteiger partial charge < -0.3 is 15.1 Å². The molecule has 1 aliphatic heterocycles. The highest BCUT2D eigenvalue weighted by Crippen LogP contribution is 2.25. The molecule has 0 spiro atoms. The first-order valence-corrected chi connectivity index (χ1v) is 9.56. The van der Waals surface area contributed by atoms with Gasteiger partial charge in [0.15, 0.2) is 6.04 Å². The summed E-state index contributed by atoms with van der Waals surface area (Å²) >= 11 is 6.31. The lowest BCUT2D eigenvalue weighted by Gasteiger charge is -2.36. The molecule has 0 radical (unpaired) electrons. The first-order chi connectivity index (χ1) is 12.5. The van der Waals surface area contributed by atoms with E-state index in [1.165, 1.54) is 4.90 Å². The standard InChI is InChI=1S/C21H26ClN3O/c1-15-7-6-8-16(2)20(15)23-21(26)17(3)24-11-13-25(14-12-24)19-10-5-4-9-18(19)22/h4-10,17H,11-14H2,1-3H3,(H,23,26)/p+1/t17-/m1/s1. The van der Waals surface area contributed by atoms with Gasteiger partial charge in [-0.2, -0.15) is 0 Å². The lowest BCUT2D eigenvalue weighted by molar-refractivity contribution is -0.914. The van der Waals surface area contributed by atoms with Gasteiger partial charge in [-0.15, -0.1) is 0 Å². The first kappa shape index (κ1) is 18.7. The molecule has 1 fully saturated rings. The van der Waals surface area contributed by atoms with Gasteiger partial charge in [-0.3, -0.25) is 4.79 Å². The van der Waals surface area contributed by atoms with Crippen LogP contribution in [-0.2, 0) is 4.79 Å². The lowest BCUT2D eigenvalue weighted by atomic mass is 10.1. The Labute approximate surface area is 160 Å². The number of nitrogens with one attached hydrogen (secondary N) is 2. The molecule has 26 heavy (non-hydrogen) atoms. The third kappa shape index (κ3) is 4.02. The van der Waals surface area contributed by atoms with Gasteiger partial charge in [0.1, 0.15) is 0 Å². The topological polar surface area (TPSA) is 36.8 Å². The summed E-state index contributed by atoms with van der Waals surface area (Å²) in [6, 6.07) is 14.0. The lowest BCUT2D eigenvalue weighted by Crippen LogP contribution is -3.19. The van der Waals surface area contributed by atoms with Gasteiger partial charge in [0.2, 0.25) is 0 Å². The SMILES string of the molecule is Cc1cccc(C)c1NC(=O)[C@@H](C)[NH+]1CCN(c2ccccc2Cl)CC1. The van der Waals surface area contributed by atoms with Crippen LogP contribution in [0.25, 0.3) is 0 Å². The van der Waals surface area contributed by atoms with Crippen LogP contribution >= 0.6 is 11.6 Å². The van der Waals surface area contributed by atoms with Crippen LogP contribution in [0.1, 0.15) is 18.1 Å². The van der Waals surface area contributed by atoms with Crippen LogP contribution in [0.3, 0.4) is 0 Å². The van der Waals surface area contributed by atoms with Crippen molar-refractivity contribution in [1.82, 2.24) is 0 Å². The highest BCUT2D eigenvalue weighted by atomic mass is 35.5. The van der Waals surface area contributed by atoms with E-state index in [1.54, 1.807) is 0 Å². The number of hydrogen-bond acceptors (Lipinski definition) is 2. The van der Waals surface area contributed by atoms with Crippen LogP contribution in [0.15, 0.2) is 42.5 Å². The molecular formula is C21H27ClN3O+. The van der Waals surface area contributed by atoms with Crippen LogP contribution in [0.2, 0.25) is 5.02 Å². The molecule has 0 aliphatic carbocycles. The van der Waals surface area contributed by atoms with Crippen LogP contribution < -0.4 is 15.1 Å². The number of aryl methyl sites for hydroxylation is 2. The second kappa shape index (κ2) is 8.11. The fourth-order valence-corrected chi connectivity index (χ4v) is 3.86. The van der Waals surface area contributed by atoms with Crippen molar-refractivity contribution in [2.75, 3.05) is 36.4 Å². The summed E-state index contributed by atoms with van der Waals surface area (Å²) in [6.45, 7) is 9.73. The summed E-state index contributed by atoms with van der Waals surface area (Å²) < 4.78 is 0. The molecule has 138 valence electrons. The number of rotatable bonds is 4. The summed E-state index contributed by atoms with van der Waals surface area (Å²) in [4.78, 5) is 16.4. The van der Waals surface area contributed by atoms with Gasteiger partial charge in [-0.1, -0.05) is 41.9 Å². The molecule has 4 nitrogen and oxygen atoms in total. The van der Waals surface area contributed by atoms with E-state index in [9.17, 15) is 4.79 Å². The van der Waals surface area contributed by atoms with Crippen molar-refractivity contribution >= 4 is 28.9 Å². The minimum Gasteiger partial charge on any atom is -0.359 e. The number of benzene rings is 2. The van der Waals surface area contributed by atoms with Gasteiger partial charge in [0, 0.05) is 5.69 Å². The maximum absolute atomic E-state index is 12.8. The quantitative estimate of drug-likeness (QED) is 0.865. The molecule has 1 saturated heterocycles. The molecule has 1 atom stereocenters. The van der Waals surface area contributed by atoms with Gasteiger partial charge in [0.05, 0.1) is 36.9 Å². The Hall–Kier alpha value is -2.04. The zero-order valence-electron chi connectivity index (χ0n) is 15.7. The van der Waals surface area contributed by atoms with Crippen molar-refractivity contribution in [1.29, 1.82) is 0 Å². The minimum atomic E-state index is -0.0811.